The normalized spacial score (nSPS) is 20.7. The molecule has 0 aliphatic carbocycles. The van der Waals surface area contributed by atoms with Crippen molar-refractivity contribution in [2.75, 3.05) is 19.6 Å². The Morgan fingerprint density at radius 2 is 2.18 bits per heavy atom. The van der Waals surface area contributed by atoms with Gasteiger partial charge in [-0.3, -0.25) is 9.89 Å². The molecule has 1 rings (SSSR count). The van der Waals surface area contributed by atoms with Gasteiger partial charge in [0.05, 0.1) is 0 Å². The third-order valence-electron chi connectivity index (χ3n) is 3.16. The fraction of sp³-hybridized carbons (Fsp3) is 0.786. The smallest absolute Gasteiger partial charge is 0.102 e. The number of unbranched alkanes of at least 4 members (excludes halogenated alkanes) is 3. The molecular weight excluding hydrogens is 210 g/mol. The molecule has 0 bridgehead atoms. The van der Waals surface area contributed by atoms with E-state index in [9.17, 15) is 0 Å². The lowest BCUT2D eigenvalue weighted by molar-refractivity contribution is 0.247. The summed E-state index contributed by atoms with van der Waals surface area (Å²) in [5.74, 6) is 0. The first-order valence-corrected chi connectivity index (χ1v) is 6.99. The quantitative estimate of drug-likeness (QED) is 0.494. The zero-order valence-electron chi connectivity index (χ0n) is 11.1. The van der Waals surface area contributed by atoms with Crippen LogP contribution in [-0.4, -0.2) is 36.9 Å². The zero-order chi connectivity index (χ0) is 12.3. The molecule has 1 unspecified atom stereocenters. The van der Waals surface area contributed by atoms with Crippen LogP contribution in [0.3, 0.4) is 0 Å². The number of nitrogens with zero attached hydrogens (tertiary/aromatic N) is 2. The predicted octanol–water partition coefficient (Wildman–Crippen LogP) is 2.57. The van der Waals surface area contributed by atoms with Crippen LogP contribution in [0.15, 0.2) is 17.1 Å². The van der Waals surface area contributed by atoms with Crippen LogP contribution in [0.2, 0.25) is 0 Å². The monoisotopic (exact) mass is 237 g/mol. The summed E-state index contributed by atoms with van der Waals surface area (Å²) < 4.78 is 0. The summed E-state index contributed by atoms with van der Waals surface area (Å²) in [5, 5.41) is 0. The summed E-state index contributed by atoms with van der Waals surface area (Å²) in [4.78, 5) is 6.85. The molecule has 1 atom stereocenters. The van der Waals surface area contributed by atoms with Crippen LogP contribution >= 0.6 is 0 Å². The van der Waals surface area contributed by atoms with Crippen LogP contribution in [0.5, 0.6) is 0 Å². The molecule has 0 spiro atoms. The standard InChI is InChI=1S/C14H27N3/c1-2-3-4-5-6-7-8-9-14-16-11-13-17(14)12-10-15/h6-7,11,14H,2-5,8-10,12-13,15H2,1H3/b7-6+. The average molecular weight is 237 g/mol. The fourth-order valence-electron chi connectivity index (χ4n) is 2.15. The van der Waals surface area contributed by atoms with Crippen molar-refractivity contribution < 1.29 is 0 Å². The van der Waals surface area contributed by atoms with Crippen LogP contribution in [0.1, 0.15) is 45.4 Å². The summed E-state index contributed by atoms with van der Waals surface area (Å²) in [7, 11) is 0. The molecule has 0 aromatic heterocycles. The van der Waals surface area contributed by atoms with Gasteiger partial charge in [0, 0.05) is 25.8 Å². The highest BCUT2D eigenvalue weighted by Crippen LogP contribution is 2.12. The number of allylic oxidation sites excluding steroid dienone is 2. The van der Waals surface area contributed by atoms with E-state index in [1.165, 1.54) is 25.7 Å². The zero-order valence-corrected chi connectivity index (χ0v) is 11.1. The first kappa shape index (κ1) is 14.4. The summed E-state index contributed by atoms with van der Waals surface area (Å²) in [5.41, 5.74) is 5.58. The fourth-order valence-corrected chi connectivity index (χ4v) is 2.15. The van der Waals surface area contributed by atoms with Crippen molar-refractivity contribution in [3.63, 3.8) is 0 Å². The predicted molar refractivity (Wildman–Crippen MR) is 75.4 cm³/mol. The molecule has 0 saturated heterocycles. The molecule has 2 N–H and O–H groups in total. The van der Waals surface area contributed by atoms with E-state index in [1.54, 1.807) is 0 Å². The number of nitrogens with two attached hydrogens (primary N) is 1. The van der Waals surface area contributed by atoms with E-state index >= 15 is 0 Å². The van der Waals surface area contributed by atoms with Gasteiger partial charge in [0.2, 0.25) is 0 Å². The Labute approximate surface area is 106 Å². The van der Waals surface area contributed by atoms with Gasteiger partial charge in [0.1, 0.15) is 6.17 Å². The van der Waals surface area contributed by atoms with Crippen LogP contribution in [0.4, 0.5) is 0 Å². The SMILES string of the molecule is CCCCC/C=C/CCC1N=CCN1CCN. The van der Waals surface area contributed by atoms with E-state index in [-0.39, 0.29) is 0 Å². The van der Waals surface area contributed by atoms with E-state index in [0.29, 0.717) is 6.17 Å². The second kappa shape index (κ2) is 9.37. The summed E-state index contributed by atoms with van der Waals surface area (Å²) in [6, 6.07) is 0. The lowest BCUT2D eigenvalue weighted by Crippen LogP contribution is -2.34. The van der Waals surface area contributed by atoms with E-state index in [0.717, 1.165) is 32.5 Å². The molecule has 0 aromatic carbocycles. The van der Waals surface area contributed by atoms with Crippen molar-refractivity contribution in [2.24, 2.45) is 10.7 Å². The minimum absolute atomic E-state index is 0.374. The highest BCUT2D eigenvalue weighted by atomic mass is 15.3. The van der Waals surface area contributed by atoms with Gasteiger partial charge < -0.3 is 5.73 Å². The molecule has 0 radical (unpaired) electrons. The maximum absolute atomic E-state index is 5.58. The van der Waals surface area contributed by atoms with Crippen LogP contribution in [0.25, 0.3) is 0 Å². The topological polar surface area (TPSA) is 41.6 Å². The van der Waals surface area contributed by atoms with Crippen molar-refractivity contribution in [2.45, 2.75) is 51.6 Å². The second-order valence-electron chi connectivity index (χ2n) is 4.64. The Morgan fingerprint density at radius 1 is 1.35 bits per heavy atom. The maximum Gasteiger partial charge on any atom is 0.102 e. The molecule has 0 amide bonds. The Morgan fingerprint density at radius 3 is 2.94 bits per heavy atom. The van der Waals surface area contributed by atoms with Crippen LogP contribution in [0, 0.1) is 0 Å². The molecule has 1 heterocycles. The highest BCUT2D eigenvalue weighted by Gasteiger charge is 2.18. The first-order valence-electron chi connectivity index (χ1n) is 6.99. The molecular formula is C14H27N3. The van der Waals surface area contributed by atoms with Crippen molar-refractivity contribution in [1.29, 1.82) is 0 Å². The van der Waals surface area contributed by atoms with Gasteiger partial charge in [0.25, 0.3) is 0 Å². The Balaban J connectivity index is 2.07. The molecule has 17 heavy (non-hydrogen) atoms. The molecule has 1 aliphatic heterocycles. The molecule has 98 valence electrons. The molecule has 0 fully saturated rings. The van der Waals surface area contributed by atoms with E-state index in [4.69, 9.17) is 5.73 Å². The molecule has 3 heteroatoms. The molecule has 1 aliphatic rings. The van der Waals surface area contributed by atoms with E-state index in [1.807, 2.05) is 6.21 Å². The highest BCUT2D eigenvalue weighted by molar-refractivity contribution is 5.62. The second-order valence-corrected chi connectivity index (χ2v) is 4.64. The van der Waals surface area contributed by atoms with Crippen molar-refractivity contribution >= 4 is 6.21 Å². The Hall–Kier alpha value is -0.670. The van der Waals surface area contributed by atoms with Crippen LogP contribution < -0.4 is 5.73 Å². The minimum Gasteiger partial charge on any atom is -0.329 e. The van der Waals surface area contributed by atoms with Crippen LogP contribution in [-0.2, 0) is 0 Å². The number of aliphatic imine (C=N–C) groups is 1. The average Bonchev–Trinajstić information content (AvgIpc) is 2.76. The van der Waals surface area contributed by atoms with Gasteiger partial charge in [-0.2, -0.15) is 0 Å². The lowest BCUT2D eigenvalue weighted by Gasteiger charge is -2.21. The number of rotatable bonds is 9. The van der Waals surface area contributed by atoms with Gasteiger partial charge in [-0.1, -0.05) is 31.9 Å². The maximum atomic E-state index is 5.58. The first-order chi connectivity index (χ1) is 8.38. The molecule has 0 aromatic rings. The van der Waals surface area contributed by atoms with Crippen molar-refractivity contribution in [3.8, 4) is 0 Å². The number of hydrogen-bond acceptors (Lipinski definition) is 3. The van der Waals surface area contributed by atoms with Gasteiger partial charge in [-0.25, -0.2) is 0 Å². The molecule has 0 saturated carbocycles. The minimum atomic E-state index is 0.374. The summed E-state index contributed by atoms with van der Waals surface area (Å²) in [6.45, 7) is 4.91. The van der Waals surface area contributed by atoms with E-state index in [2.05, 4.69) is 29.0 Å². The van der Waals surface area contributed by atoms with Gasteiger partial charge in [0.15, 0.2) is 0 Å². The Bertz CT molecular complexity index is 236. The molecule has 3 nitrogen and oxygen atoms in total. The van der Waals surface area contributed by atoms with Crippen molar-refractivity contribution in [3.05, 3.63) is 12.2 Å². The number of hydrogen-bond donors (Lipinski definition) is 1. The van der Waals surface area contributed by atoms with Gasteiger partial charge >= 0.3 is 0 Å². The lowest BCUT2D eigenvalue weighted by atomic mass is 10.1. The largest absolute Gasteiger partial charge is 0.329 e. The Kier molecular flexibility index (Phi) is 7.93. The summed E-state index contributed by atoms with van der Waals surface area (Å²) >= 11 is 0. The van der Waals surface area contributed by atoms with Crippen molar-refractivity contribution in [1.82, 2.24) is 4.90 Å². The van der Waals surface area contributed by atoms with Gasteiger partial charge in [-0.15, -0.1) is 0 Å². The van der Waals surface area contributed by atoms with E-state index < -0.39 is 0 Å². The van der Waals surface area contributed by atoms with Gasteiger partial charge in [-0.05, 0) is 25.7 Å². The summed E-state index contributed by atoms with van der Waals surface area (Å²) in [6.07, 6.45) is 14.5. The third-order valence-corrected chi connectivity index (χ3v) is 3.16. The third kappa shape index (κ3) is 5.99.